The summed E-state index contributed by atoms with van der Waals surface area (Å²) >= 11 is 0. The van der Waals surface area contributed by atoms with Crippen LogP contribution in [0.4, 0.5) is 10.1 Å². The van der Waals surface area contributed by atoms with Gasteiger partial charge in [0.25, 0.3) is 5.91 Å². The molecular weight excluding hydrogens is 335 g/mol. The fourth-order valence-corrected chi connectivity index (χ4v) is 4.18. The van der Waals surface area contributed by atoms with Crippen LogP contribution in [0.15, 0.2) is 42.5 Å². The van der Waals surface area contributed by atoms with E-state index in [1.807, 2.05) is 6.07 Å². The monoisotopic (exact) mass is 354 g/mol. The molecule has 4 rings (SSSR count). The average molecular weight is 354 g/mol. The molecule has 2 aliphatic rings. The first-order valence-electron chi connectivity index (χ1n) is 8.67. The van der Waals surface area contributed by atoms with Crippen LogP contribution in [-0.4, -0.2) is 23.6 Å². The van der Waals surface area contributed by atoms with Gasteiger partial charge in [0.2, 0.25) is 5.91 Å². The fourth-order valence-electron chi connectivity index (χ4n) is 4.18. The highest BCUT2D eigenvalue weighted by atomic mass is 19.1. The summed E-state index contributed by atoms with van der Waals surface area (Å²) in [6, 6.07) is 11.6. The molecule has 134 valence electrons. The third-order valence-corrected chi connectivity index (χ3v) is 5.63. The lowest BCUT2D eigenvalue weighted by molar-refractivity contribution is -0.126. The lowest BCUT2D eigenvalue weighted by Crippen LogP contribution is -2.39. The zero-order valence-electron chi connectivity index (χ0n) is 14.2. The van der Waals surface area contributed by atoms with Crippen LogP contribution in [0.2, 0.25) is 0 Å². The molecule has 2 aromatic rings. The lowest BCUT2D eigenvalue weighted by Gasteiger charge is -2.33. The molecule has 1 atom stereocenters. The minimum absolute atomic E-state index is 0.0228. The lowest BCUT2D eigenvalue weighted by atomic mass is 9.70. The van der Waals surface area contributed by atoms with Crippen LogP contribution in [0.25, 0.3) is 0 Å². The number of halogens is 1. The van der Waals surface area contributed by atoms with Gasteiger partial charge in [-0.2, -0.15) is 0 Å². The van der Waals surface area contributed by atoms with E-state index in [0.717, 1.165) is 11.1 Å². The Balaban J connectivity index is 1.61. The molecular formula is C20H19FN2O3. The number of fused-ring (bicyclic) bond motifs is 1. The Morgan fingerprint density at radius 3 is 2.73 bits per heavy atom. The molecule has 1 aliphatic heterocycles. The smallest absolute Gasteiger partial charge is 0.274 e. The quantitative estimate of drug-likeness (QED) is 0.644. The molecule has 1 heterocycles. The van der Waals surface area contributed by atoms with E-state index >= 15 is 0 Å². The number of carbonyl (C=O) groups excluding carboxylic acids is 2. The van der Waals surface area contributed by atoms with E-state index in [2.05, 4.69) is 0 Å². The van der Waals surface area contributed by atoms with Gasteiger partial charge in [-0.15, -0.1) is 0 Å². The summed E-state index contributed by atoms with van der Waals surface area (Å²) in [6.45, 7) is 0.514. The molecule has 0 unspecified atom stereocenters. The molecule has 0 saturated carbocycles. The zero-order chi connectivity index (χ0) is 18.3. The summed E-state index contributed by atoms with van der Waals surface area (Å²) in [5.74, 6) is -0.949. The maximum absolute atomic E-state index is 14.1. The van der Waals surface area contributed by atoms with Crippen LogP contribution in [0, 0.1) is 11.2 Å². The van der Waals surface area contributed by atoms with Crippen molar-refractivity contribution in [3.05, 3.63) is 65.0 Å². The van der Waals surface area contributed by atoms with Crippen molar-refractivity contribution in [1.29, 1.82) is 0 Å². The van der Waals surface area contributed by atoms with Gasteiger partial charge in [0.15, 0.2) is 0 Å². The number of para-hydroxylation sites is 1. The molecule has 2 amide bonds. The molecule has 2 aromatic carbocycles. The standard InChI is InChI=1S/C20H19FN2O3/c21-16-3-1-2-4-17(16)23-10-9-20(19(23)25)8-7-13-11-14(18(24)22-26)5-6-15(13)12-20/h1-6,11,26H,7-10,12H2,(H,22,24)/t20-/m0/s1. The van der Waals surface area contributed by atoms with Crippen molar-refractivity contribution in [3.8, 4) is 0 Å². The SMILES string of the molecule is O=C(NO)c1ccc2c(c1)CC[C@]1(CCN(c3ccccc3F)C1=O)C2. The number of anilines is 1. The van der Waals surface area contributed by atoms with Crippen molar-refractivity contribution < 1.29 is 19.2 Å². The van der Waals surface area contributed by atoms with Crippen molar-refractivity contribution in [1.82, 2.24) is 5.48 Å². The van der Waals surface area contributed by atoms with Crippen molar-refractivity contribution in [2.45, 2.75) is 25.7 Å². The van der Waals surface area contributed by atoms with Gasteiger partial charge in [-0.3, -0.25) is 14.8 Å². The number of aryl methyl sites for hydroxylation is 1. The van der Waals surface area contributed by atoms with Crippen LogP contribution in [0.3, 0.4) is 0 Å². The summed E-state index contributed by atoms with van der Waals surface area (Å²) in [4.78, 5) is 26.3. The number of hydroxylamine groups is 1. The highest BCUT2D eigenvalue weighted by Crippen LogP contribution is 2.45. The van der Waals surface area contributed by atoms with Crippen molar-refractivity contribution in [3.63, 3.8) is 0 Å². The van der Waals surface area contributed by atoms with Crippen LogP contribution >= 0.6 is 0 Å². The molecule has 1 saturated heterocycles. The van der Waals surface area contributed by atoms with Crippen LogP contribution < -0.4 is 10.4 Å². The maximum atomic E-state index is 14.1. The maximum Gasteiger partial charge on any atom is 0.274 e. The van der Waals surface area contributed by atoms with Gasteiger partial charge in [-0.05, 0) is 61.1 Å². The molecule has 6 heteroatoms. The Labute approximate surface area is 150 Å². The minimum atomic E-state index is -0.546. The van der Waals surface area contributed by atoms with E-state index in [-0.39, 0.29) is 11.7 Å². The predicted octanol–water partition coefficient (Wildman–Crippen LogP) is 2.86. The van der Waals surface area contributed by atoms with E-state index in [1.54, 1.807) is 40.7 Å². The Kier molecular flexibility index (Phi) is 4.00. The summed E-state index contributed by atoms with van der Waals surface area (Å²) in [5.41, 5.74) is 3.93. The second kappa shape index (κ2) is 6.21. The average Bonchev–Trinajstić information content (AvgIpc) is 2.97. The number of hydrogen-bond acceptors (Lipinski definition) is 3. The molecule has 26 heavy (non-hydrogen) atoms. The topological polar surface area (TPSA) is 69.6 Å². The Bertz CT molecular complexity index is 898. The normalized spacial score (nSPS) is 21.8. The Morgan fingerprint density at radius 2 is 1.96 bits per heavy atom. The number of nitrogens with one attached hydrogen (secondary N) is 1. The highest BCUT2D eigenvalue weighted by molar-refractivity contribution is 6.00. The summed E-state index contributed by atoms with van der Waals surface area (Å²) in [5, 5.41) is 8.77. The molecule has 0 radical (unpaired) electrons. The van der Waals surface area contributed by atoms with Gasteiger partial charge in [0, 0.05) is 12.1 Å². The summed E-state index contributed by atoms with van der Waals surface area (Å²) in [7, 11) is 0. The van der Waals surface area contributed by atoms with E-state index in [9.17, 15) is 14.0 Å². The van der Waals surface area contributed by atoms with Gasteiger partial charge in [0.1, 0.15) is 5.82 Å². The molecule has 5 nitrogen and oxygen atoms in total. The van der Waals surface area contributed by atoms with Gasteiger partial charge in [-0.1, -0.05) is 18.2 Å². The largest absolute Gasteiger partial charge is 0.309 e. The zero-order valence-corrected chi connectivity index (χ0v) is 14.2. The van der Waals surface area contributed by atoms with Gasteiger partial charge in [-0.25, -0.2) is 9.87 Å². The van der Waals surface area contributed by atoms with E-state index < -0.39 is 11.3 Å². The van der Waals surface area contributed by atoms with Gasteiger partial charge in [0.05, 0.1) is 11.1 Å². The first kappa shape index (κ1) is 16.7. The summed E-state index contributed by atoms with van der Waals surface area (Å²) in [6.07, 6.45) is 2.64. The van der Waals surface area contributed by atoms with Gasteiger partial charge >= 0.3 is 0 Å². The molecule has 0 bridgehead atoms. The van der Waals surface area contributed by atoms with Crippen LogP contribution in [0.1, 0.15) is 34.3 Å². The molecule has 0 aromatic heterocycles. The second-order valence-electron chi connectivity index (χ2n) is 7.04. The summed E-state index contributed by atoms with van der Waals surface area (Å²) < 4.78 is 14.1. The number of nitrogens with zero attached hydrogens (tertiary/aromatic N) is 1. The van der Waals surface area contributed by atoms with Gasteiger partial charge < -0.3 is 4.90 Å². The molecule has 1 aliphatic carbocycles. The number of carbonyl (C=O) groups is 2. The second-order valence-corrected chi connectivity index (χ2v) is 7.04. The van der Waals surface area contributed by atoms with E-state index in [1.165, 1.54) is 6.07 Å². The first-order chi connectivity index (χ1) is 12.5. The van der Waals surface area contributed by atoms with Crippen LogP contribution in [-0.2, 0) is 17.6 Å². The van der Waals surface area contributed by atoms with Crippen molar-refractivity contribution in [2.75, 3.05) is 11.4 Å². The highest BCUT2D eigenvalue weighted by Gasteiger charge is 2.48. The molecule has 1 fully saturated rings. The third kappa shape index (κ3) is 2.57. The van der Waals surface area contributed by atoms with E-state index in [0.29, 0.717) is 43.5 Å². The number of benzene rings is 2. The Hall–Kier alpha value is -2.73. The number of rotatable bonds is 2. The molecule has 2 N–H and O–H groups in total. The van der Waals surface area contributed by atoms with Crippen molar-refractivity contribution in [2.24, 2.45) is 5.41 Å². The number of amides is 2. The first-order valence-corrected chi connectivity index (χ1v) is 8.67. The minimum Gasteiger partial charge on any atom is -0.309 e. The Morgan fingerprint density at radius 1 is 1.15 bits per heavy atom. The predicted molar refractivity (Wildman–Crippen MR) is 93.5 cm³/mol. The third-order valence-electron chi connectivity index (χ3n) is 5.63. The van der Waals surface area contributed by atoms with E-state index in [4.69, 9.17) is 5.21 Å². The molecule has 1 spiro atoms. The number of hydrogen-bond donors (Lipinski definition) is 2. The van der Waals surface area contributed by atoms with Crippen LogP contribution in [0.5, 0.6) is 0 Å². The fraction of sp³-hybridized carbons (Fsp3) is 0.300. The van der Waals surface area contributed by atoms with Crippen molar-refractivity contribution >= 4 is 17.5 Å².